The van der Waals surface area contributed by atoms with Gasteiger partial charge in [-0.2, -0.15) is 0 Å². The normalized spacial score (nSPS) is 9.92. The largest absolute Gasteiger partial charge is 0.495 e. The first-order valence-corrected chi connectivity index (χ1v) is 4.73. The quantitative estimate of drug-likeness (QED) is 0.731. The number of rotatable bonds is 2. The molecule has 0 amide bonds. The highest BCUT2D eigenvalue weighted by atomic mass is 32.1. The summed E-state index contributed by atoms with van der Waals surface area (Å²) in [6, 6.07) is 1.79. The lowest BCUT2D eigenvalue weighted by atomic mass is 10.3. The van der Waals surface area contributed by atoms with E-state index in [-0.39, 0.29) is 0 Å². The number of nitrogens with zero attached hydrogens (tertiary/aromatic N) is 2. The highest BCUT2D eigenvalue weighted by molar-refractivity contribution is 7.08. The lowest BCUT2D eigenvalue weighted by molar-refractivity contribution is 0.418. The third kappa shape index (κ3) is 1.53. The first-order valence-electron chi connectivity index (χ1n) is 3.79. The van der Waals surface area contributed by atoms with Crippen LogP contribution in [-0.2, 0) is 0 Å². The van der Waals surface area contributed by atoms with E-state index in [1.165, 1.54) is 0 Å². The molecule has 0 unspecified atom stereocenters. The molecule has 2 heterocycles. The third-order valence-corrected chi connectivity index (χ3v) is 2.37. The molecule has 0 bridgehead atoms. The van der Waals surface area contributed by atoms with E-state index in [9.17, 15) is 0 Å². The minimum atomic E-state index is 0.709. The van der Waals surface area contributed by atoms with Crippen molar-refractivity contribution in [2.45, 2.75) is 0 Å². The standard InChI is InChI=1S/C9H8N2OS/c1-12-8-6-13-5-7(8)9-10-3-2-4-11-9/h2-6H,1H3. The molecule has 0 radical (unpaired) electrons. The van der Waals surface area contributed by atoms with Crippen molar-refractivity contribution in [3.05, 3.63) is 29.2 Å². The summed E-state index contributed by atoms with van der Waals surface area (Å²) < 4.78 is 5.17. The van der Waals surface area contributed by atoms with Gasteiger partial charge in [-0.1, -0.05) is 0 Å². The van der Waals surface area contributed by atoms with Crippen molar-refractivity contribution in [1.29, 1.82) is 0 Å². The van der Waals surface area contributed by atoms with Crippen LogP contribution in [0.25, 0.3) is 11.4 Å². The molecule has 0 spiro atoms. The fourth-order valence-electron chi connectivity index (χ4n) is 1.04. The Morgan fingerprint density at radius 2 is 2.00 bits per heavy atom. The van der Waals surface area contributed by atoms with Gasteiger partial charge in [-0.25, -0.2) is 9.97 Å². The summed E-state index contributed by atoms with van der Waals surface area (Å²) in [6.07, 6.45) is 3.44. The number of hydrogen-bond acceptors (Lipinski definition) is 4. The topological polar surface area (TPSA) is 35.0 Å². The SMILES string of the molecule is COc1cscc1-c1ncccn1. The van der Waals surface area contributed by atoms with Crippen LogP contribution in [0.2, 0.25) is 0 Å². The minimum Gasteiger partial charge on any atom is -0.495 e. The van der Waals surface area contributed by atoms with Gasteiger partial charge >= 0.3 is 0 Å². The summed E-state index contributed by atoms with van der Waals surface area (Å²) in [6.45, 7) is 0. The van der Waals surface area contributed by atoms with E-state index < -0.39 is 0 Å². The van der Waals surface area contributed by atoms with E-state index in [2.05, 4.69) is 9.97 Å². The van der Waals surface area contributed by atoms with Crippen molar-refractivity contribution in [2.75, 3.05) is 7.11 Å². The van der Waals surface area contributed by atoms with E-state index in [1.807, 2.05) is 10.8 Å². The maximum Gasteiger partial charge on any atom is 0.163 e. The smallest absolute Gasteiger partial charge is 0.163 e. The Labute approximate surface area is 80.0 Å². The van der Waals surface area contributed by atoms with Crippen LogP contribution in [0.15, 0.2) is 29.2 Å². The maximum atomic E-state index is 5.17. The van der Waals surface area contributed by atoms with Gasteiger partial charge in [-0.05, 0) is 6.07 Å². The maximum absolute atomic E-state index is 5.17. The van der Waals surface area contributed by atoms with Crippen LogP contribution in [0.1, 0.15) is 0 Å². The van der Waals surface area contributed by atoms with Crippen LogP contribution in [0.5, 0.6) is 5.75 Å². The highest BCUT2D eigenvalue weighted by Gasteiger charge is 2.07. The fourth-order valence-corrected chi connectivity index (χ4v) is 1.82. The van der Waals surface area contributed by atoms with Gasteiger partial charge in [-0.3, -0.25) is 0 Å². The first kappa shape index (κ1) is 8.19. The van der Waals surface area contributed by atoms with Crippen molar-refractivity contribution in [1.82, 2.24) is 9.97 Å². The van der Waals surface area contributed by atoms with Gasteiger partial charge in [0.15, 0.2) is 5.82 Å². The van der Waals surface area contributed by atoms with Crippen molar-refractivity contribution in [3.63, 3.8) is 0 Å². The van der Waals surface area contributed by atoms with Gasteiger partial charge in [0, 0.05) is 23.2 Å². The molecule has 13 heavy (non-hydrogen) atoms. The lowest BCUT2D eigenvalue weighted by Gasteiger charge is -1.99. The zero-order chi connectivity index (χ0) is 9.10. The Hall–Kier alpha value is -1.42. The molecule has 0 saturated carbocycles. The molecule has 2 aromatic rings. The molecule has 0 aliphatic rings. The zero-order valence-corrected chi connectivity index (χ0v) is 7.91. The summed E-state index contributed by atoms with van der Waals surface area (Å²) in [7, 11) is 1.65. The van der Waals surface area contributed by atoms with Crippen LogP contribution in [0.3, 0.4) is 0 Å². The van der Waals surface area contributed by atoms with Crippen molar-refractivity contribution in [3.8, 4) is 17.1 Å². The molecule has 0 atom stereocenters. The Morgan fingerprint density at radius 1 is 1.23 bits per heavy atom. The number of methoxy groups -OCH3 is 1. The minimum absolute atomic E-state index is 0.709. The molecule has 0 aliphatic heterocycles. The van der Waals surface area contributed by atoms with Gasteiger partial charge < -0.3 is 4.74 Å². The fraction of sp³-hybridized carbons (Fsp3) is 0.111. The Bertz CT molecular complexity index is 386. The Kier molecular flexibility index (Phi) is 2.23. The zero-order valence-electron chi connectivity index (χ0n) is 7.10. The summed E-state index contributed by atoms with van der Waals surface area (Å²) in [5.41, 5.74) is 0.952. The number of ether oxygens (including phenoxy) is 1. The average Bonchev–Trinajstić information content (AvgIpc) is 2.67. The first-order chi connectivity index (χ1) is 6.42. The molecule has 4 heteroatoms. The van der Waals surface area contributed by atoms with Gasteiger partial charge in [0.25, 0.3) is 0 Å². The predicted molar refractivity (Wildman–Crippen MR) is 51.9 cm³/mol. The molecule has 66 valence electrons. The molecule has 0 N–H and O–H groups in total. The molecule has 3 nitrogen and oxygen atoms in total. The van der Waals surface area contributed by atoms with Crippen LogP contribution in [0, 0.1) is 0 Å². The summed E-state index contributed by atoms with van der Waals surface area (Å²) >= 11 is 1.58. The van der Waals surface area contributed by atoms with E-state index >= 15 is 0 Å². The van der Waals surface area contributed by atoms with Crippen molar-refractivity contribution < 1.29 is 4.74 Å². The molecule has 0 aliphatic carbocycles. The van der Waals surface area contributed by atoms with Crippen LogP contribution >= 0.6 is 11.3 Å². The predicted octanol–water partition coefficient (Wildman–Crippen LogP) is 2.21. The summed E-state index contributed by atoms with van der Waals surface area (Å²) in [4.78, 5) is 8.29. The second-order valence-corrected chi connectivity index (χ2v) is 3.17. The molecule has 0 saturated heterocycles. The second kappa shape index (κ2) is 3.53. The third-order valence-electron chi connectivity index (χ3n) is 1.65. The van der Waals surface area contributed by atoms with E-state index in [0.717, 1.165) is 11.3 Å². The van der Waals surface area contributed by atoms with Gasteiger partial charge in [-0.15, -0.1) is 11.3 Å². The Morgan fingerprint density at radius 3 is 2.69 bits per heavy atom. The van der Waals surface area contributed by atoms with Crippen LogP contribution in [0.4, 0.5) is 0 Å². The van der Waals surface area contributed by atoms with Crippen molar-refractivity contribution >= 4 is 11.3 Å². The van der Waals surface area contributed by atoms with Crippen LogP contribution in [-0.4, -0.2) is 17.1 Å². The Balaban J connectivity index is 2.47. The average molecular weight is 192 g/mol. The van der Waals surface area contributed by atoms with E-state index in [0.29, 0.717) is 5.82 Å². The molecule has 0 aromatic carbocycles. The number of thiophene rings is 1. The van der Waals surface area contributed by atoms with E-state index in [1.54, 1.807) is 36.9 Å². The second-order valence-electron chi connectivity index (χ2n) is 2.43. The molecule has 2 rings (SSSR count). The molecule has 0 fully saturated rings. The molecular weight excluding hydrogens is 184 g/mol. The van der Waals surface area contributed by atoms with Gasteiger partial charge in [0.2, 0.25) is 0 Å². The van der Waals surface area contributed by atoms with Gasteiger partial charge in [0.1, 0.15) is 5.75 Å². The highest BCUT2D eigenvalue weighted by Crippen LogP contribution is 2.30. The number of aromatic nitrogens is 2. The van der Waals surface area contributed by atoms with Crippen LogP contribution < -0.4 is 4.74 Å². The summed E-state index contributed by atoms with van der Waals surface area (Å²) in [5.74, 6) is 1.54. The molecular formula is C9H8N2OS. The summed E-state index contributed by atoms with van der Waals surface area (Å²) in [5, 5.41) is 3.92. The molecule has 2 aromatic heterocycles. The monoisotopic (exact) mass is 192 g/mol. The lowest BCUT2D eigenvalue weighted by Crippen LogP contribution is -1.88. The van der Waals surface area contributed by atoms with E-state index in [4.69, 9.17) is 4.74 Å². The van der Waals surface area contributed by atoms with Gasteiger partial charge in [0.05, 0.1) is 12.7 Å². The number of hydrogen-bond donors (Lipinski definition) is 0. The van der Waals surface area contributed by atoms with Crippen molar-refractivity contribution in [2.24, 2.45) is 0 Å².